The van der Waals surface area contributed by atoms with Gasteiger partial charge >= 0.3 is 61.8 Å². The number of hydrogen-bond acceptors (Lipinski definition) is 1. The van der Waals surface area contributed by atoms with E-state index in [1.807, 2.05) is 14.0 Å². The molecule has 0 bridgehead atoms. The summed E-state index contributed by atoms with van der Waals surface area (Å²) in [4.78, 5) is 0. The van der Waals surface area contributed by atoms with Crippen LogP contribution in [0.25, 0.3) is 0 Å². The van der Waals surface area contributed by atoms with Crippen LogP contribution in [0.4, 0.5) is 0 Å². The van der Waals surface area contributed by atoms with Crippen molar-refractivity contribution in [3.05, 3.63) is 0 Å². The SMILES string of the molecule is CN[C](=[V])[C](C)=[V]. The topological polar surface area (TPSA) is 12.0 Å². The fourth-order valence-corrected chi connectivity index (χ4v) is 0.355. The predicted octanol–water partition coefficient (Wildman–Crippen LogP) is -0.378. The molecule has 1 nitrogen and oxygen atoms in total. The van der Waals surface area contributed by atoms with E-state index in [0.717, 1.165) is 0 Å². The van der Waals surface area contributed by atoms with E-state index in [2.05, 4.69) is 39.3 Å². The van der Waals surface area contributed by atoms with Crippen molar-refractivity contribution < 1.29 is 34.0 Å². The third-order valence-corrected chi connectivity index (χ3v) is 2.25. The van der Waals surface area contributed by atoms with E-state index in [1.54, 1.807) is 0 Å². The second kappa shape index (κ2) is 3.82. The molecule has 3 heteroatoms. The number of hydrogen-bond donors (Lipinski definition) is 1. The zero-order valence-corrected chi connectivity index (χ0v) is 7.19. The molecule has 0 heterocycles. The summed E-state index contributed by atoms with van der Waals surface area (Å²) in [5, 5.41) is 3.00. The van der Waals surface area contributed by atoms with Crippen LogP contribution in [0.5, 0.6) is 0 Å². The van der Waals surface area contributed by atoms with Gasteiger partial charge in [0.1, 0.15) is 0 Å². The van der Waals surface area contributed by atoms with Gasteiger partial charge in [0.05, 0.1) is 0 Å². The second-order valence-corrected chi connectivity index (χ2v) is 2.93. The summed E-state index contributed by atoms with van der Waals surface area (Å²) in [5.41, 5.74) is 0. The molecule has 0 aromatic heterocycles. The van der Waals surface area contributed by atoms with E-state index >= 15 is 0 Å². The van der Waals surface area contributed by atoms with Crippen LogP contribution in [0, 0.1) is 0 Å². The molecule has 0 aromatic carbocycles. The Labute approximate surface area is 61.9 Å². The van der Waals surface area contributed by atoms with E-state index in [1.165, 1.54) is 8.58 Å². The van der Waals surface area contributed by atoms with Crippen molar-refractivity contribution in [3.8, 4) is 0 Å². The van der Waals surface area contributed by atoms with Crippen LogP contribution in [0.3, 0.4) is 0 Å². The minimum absolute atomic E-state index is 1.17. The van der Waals surface area contributed by atoms with E-state index < -0.39 is 0 Å². The maximum absolute atomic E-state index is 3.00. The zero-order chi connectivity index (χ0) is 5.86. The number of rotatable bonds is 2. The molecule has 0 unspecified atom stereocenters. The first kappa shape index (κ1) is 7.87. The molecule has 1 N–H and O–H groups in total. The Balaban J connectivity index is 3.58. The van der Waals surface area contributed by atoms with E-state index in [0.29, 0.717) is 0 Å². The van der Waals surface area contributed by atoms with Gasteiger partial charge in [0, 0.05) is 0 Å². The van der Waals surface area contributed by atoms with Gasteiger partial charge in [-0.15, -0.1) is 0 Å². The summed E-state index contributed by atoms with van der Waals surface area (Å²) in [6.45, 7) is 2.05. The van der Waals surface area contributed by atoms with Gasteiger partial charge in [-0.2, -0.15) is 0 Å². The van der Waals surface area contributed by atoms with Crippen LogP contribution in [0.15, 0.2) is 0 Å². The summed E-state index contributed by atoms with van der Waals surface area (Å²) in [6.07, 6.45) is 0. The molecule has 38 valence electrons. The van der Waals surface area contributed by atoms with Crippen LogP contribution < -0.4 is 5.32 Å². The molecular weight excluding hydrogens is 164 g/mol. The van der Waals surface area contributed by atoms with Crippen molar-refractivity contribution in [2.24, 2.45) is 0 Å². The predicted molar refractivity (Wildman–Crippen MR) is 24.7 cm³/mol. The molecule has 0 aliphatic rings. The average Bonchev–Trinajstić information content (AvgIpc) is 1.65. The van der Waals surface area contributed by atoms with Crippen LogP contribution in [-0.2, 0) is 34.0 Å². The van der Waals surface area contributed by atoms with Crippen molar-refractivity contribution in [2.45, 2.75) is 6.92 Å². The van der Waals surface area contributed by atoms with Crippen LogP contribution in [0.2, 0.25) is 0 Å². The van der Waals surface area contributed by atoms with Gasteiger partial charge in [-0.25, -0.2) is 0 Å². The van der Waals surface area contributed by atoms with E-state index in [4.69, 9.17) is 0 Å². The van der Waals surface area contributed by atoms with Crippen molar-refractivity contribution >= 4 is 8.58 Å². The van der Waals surface area contributed by atoms with Crippen molar-refractivity contribution in [2.75, 3.05) is 7.05 Å². The first-order valence-corrected chi connectivity index (χ1v) is 3.34. The third-order valence-electron chi connectivity index (χ3n) is 0.580. The maximum atomic E-state index is 3.00. The molecule has 0 aliphatic heterocycles. The quantitative estimate of drug-likeness (QED) is 0.597. The summed E-state index contributed by atoms with van der Waals surface area (Å²) in [5.74, 6) is 0. The van der Waals surface area contributed by atoms with Gasteiger partial charge in [-0.1, -0.05) is 0 Å². The van der Waals surface area contributed by atoms with Gasteiger partial charge < -0.3 is 0 Å². The Bertz CT molecular complexity index is 97.9. The first-order chi connectivity index (χ1) is 3.18. The van der Waals surface area contributed by atoms with Gasteiger partial charge in [0.15, 0.2) is 0 Å². The van der Waals surface area contributed by atoms with Gasteiger partial charge in [-0.05, 0) is 0 Å². The summed E-state index contributed by atoms with van der Waals surface area (Å²) >= 11 is 4.95. The average molecular weight is 171 g/mol. The van der Waals surface area contributed by atoms with Crippen molar-refractivity contribution in [1.29, 1.82) is 0 Å². The normalized spacial score (nSPS) is 8.00. The summed E-state index contributed by atoms with van der Waals surface area (Å²) in [7, 11) is 1.91. The number of nitrogens with one attached hydrogen (secondary N) is 1. The fraction of sp³-hybridized carbons (Fsp3) is 0.500. The molecule has 0 spiro atoms. The second-order valence-electron chi connectivity index (χ2n) is 1.18. The monoisotopic (exact) mass is 171 g/mol. The van der Waals surface area contributed by atoms with Crippen molar-refractivity contribution in [3.63, 3.8) is 0 Å². The summed E-state index contributed by atoms with van der Waals surface area (Å²) < 4.78 is 2.43. The molecular formula is C4H7NV2. The molecule has 0 saturated carbocycles. The van der Waals surface area contributed by atoms with Crippen molar-refractivity contribution in [1.82, 2.24) is 5.32 Å². The molecule has 0 amide bonds. The van der Waals surface area contributed by atoms with Crippen LogP contribution in [-0.4, -0.2) is 15.6 Å². The first-order valence-electron chi connectivity index (χ1n) is 1.95. The molecule has 0 aliphatic carbocycles. The van der Waals surface area contributed by atoms with Gasteiger partial charge in [-0.3, -0.25) is 0 Å². The molecule has 0 aromatic rings. The van der Waals surface area contributed by atoms with Crippen LogP contribution >= 0.6 is 0 Å². The van der Waals surface area contributed by atoms with Gasteiger partial charge in [0.2, 0.25) is 0 Å². The zero-order valence-electron chi connectivity index (χ0n) is 4.39. The Morgan fingerprint density at radius 3 is 1.86 bits per heavy atom. The molecule has 0 atom stereocenters. The van der Waals surface area contributed by atoms with E-state index in [-0.39, 0.29) is 0 Å². The van der Waals surface area contributed by atoms with Crippen LogP contribution in [0.1, 0.15) is 6.92 Å². The Kier molecular flexibility index (Phi) is 4.30. The molecule has 7 heavy (non-hydrogen) atoms. The molecule has 0 fully saturated rings. The summed E-state index contributed by atoms with van der Waals surface area (Å²) in [6, 6.07) is 0. The Morgan fingerprint density at radius 1 is 1.43 bits per heavy atom. The standard InChI is InChI=1S/C4H7N.2V/c1-3-4-5-2;;/h5H,1-2H3;;. The molecule has 0 radical (unpaired) electrons. The minimum atomic E-state index is 1.17. The molecule has 0 saturated heterocycles. The van der Waals surface area contributed by atoms with Gasteiger partial charge in [0.25, 0.3) is 0 Å². The Morgan fingerprint density at radius 2 is 1.86 bits per heavy atom. The Hall–Kier alpha value is 0.869. The fourth-order valence-electron chi connectivity index (χ4n) is 0.181. The molecule has 0 rings (SSSR count). The third kappa shape index (κ3) is 3.45. The van der Waals surface area contributed by atoms with E-state index in [9.17, 15) is 0 Å².